The number of benzene rings is 1. The zero-order valence-corrected chi connectivity index (χ0v) is 15.2. The van der Waals surface area contributed by atoms with E-state index in [1.165, 1.54) is 18.3 Å². The van der Waals surface area contributed by atoms with Crippen LogP contribution in [0.5, 0.6) is 5.75 Å². The second-order valence-electron chi connectivity index (χ2n) is 5.49. The molecule has 1 aromatic carbocycles. The van der Waals surface area contributed by atoms with Crippen LogP contribution in [0.1, 0.15) is 31.7 Å². The van der Waals surface area contributed by atoms with Crippen LogP contribution < -0.4 is 4.72 Å². The first-order valence-electron chi connectivity index (χ1n) is 7.12. The smallest absolute Gasteiger partial charge is 0.265 e. The summed E-state index contributed by atoms with van der Waals surface area (Å²) in [5.41, 5.74) is 0.354. The van der Waals surface area contributed by atoms with Crippen molar-refractivity contribution in [3.63, 3.8) is 0 Å². The highest BCUT2D eigenvalue weighted by molar-refractivity contribution is 9.10. The quantitative estimate of drug-likeness (QED) is 0.785. The first kappa shape index (κ1) is 16.6. The van der Waals surface area contributed by atoms with Crippen LogP contribution >= 0.6 is 27.5 Å². The lowest BCUT2D eigenvalue weighted by molar-refractivity contribution is 0.459. The molecule has 2 N–H and O–H groups in total. The third-order valence-corrected chi connectivity index (χ3v) is 5.98. The Balaban J connectivity index is 1.87. The predicted octanol–water partition coefficient (Wildman–Crippen LogP) is 3.92. The molecule has 0 saturated heterocycles. The minimum Gasteiger partial charge on any atom is -0.505 e. The Labute approximate surface area is 147 Å². The van der Waals surface area contributed by atoms with E-state index >= 15 is 0 Å². The van der Waals surface area contributed by atoms with Gasteiger partial charge in [0, 0.05) is 10.7 Å². The highest BCUT2D eigenvalue weighted by atomic mass is 79.9. The molecular weight excluding hydrogens is 406 g/mol. The van der Waals surface area contributed by atoms with Crippen molar-refractivity contribution in [1.82, 2.24) is 9.78 Å². The van der Waals surface area contributed by atoms with Crippen LogP contribution in [0.3, 0.4) is 0 Å². The van der Waals surface area contributed by atoms with Crippen molar-refractivity contribution in [1.29, 1.82) is 0 Å². The lowest BCUT2D eigenvalue weighted by atomic mass is 10.3. The number of hydrogen-bond acceptors (Lipinski definition) is 4. The minimum absolute atomic E-state index is 0.0404. The standard InChI is InChI=1S/C14H15BrClN3O3S/c15-9-5-12(16)14(20)13(6-9)23(21,22)18-10-7-17-19(8-10)11-3-1-2-4-11/h5-8,11,18,20H,1-4H2. The molecule has 0 bridgehead atoms. The maximum atomic E-state index is 12.5. The van der Waals surface area contributed by atoms with Crippen molar-refractivity contribution in [3.05, 3.63) is 34.0 Å². The molecule has 2 aromatic rings. The molecule has 1 aliphatic carbocycles. The third-order valence-electron chi connectivity index (χ3n) is 3.84. The Morgan fingerprint density at radius 3 is 2.74 bits per heavy atom. The first-order chi connectivity index (χ1) is 10.9. The van der Waals surface area contributed by atoms with Gasteiger partial charge in [0.15, 0.2) is 5.75 Å². The Hall–Kier alpha value is -1.25. The molecule has 124 valence electrons. The second kappa shape index (κ2) is 6.33. The van der Waals surface area contributed by atoms with Crippen LogP contribution in [0.15, 0.2) is 33.9 Å². The lowest BCUT2D eigenvalue weighted by Crippen LogP contribution is -2.13. The number of phenols is 1. The van der Waals surface area contributed by atoms with E-state index in [9.17, 15) is 13.5 Å². The van der Waals surface area contributed by atoms with Crippen molar-refractivity contribution in [3.8, 4) is 5.75 Å². The fourth-order valence-corrected chi connectivity index (χ4v) is 4.91. The lowest BCUT2D eigenvalue weighted by Gasteiger charge is -2.10. The Bertz CT molecular complexity index is 832. The maximum absolute atomic E-state index is 12.5. The average Bonchev–Trinajstić information content (AvgIpc) is 3.12. The van der Waals surface area contributed by atoms with E-state index in [2.05, 4.69) is 25.8 Å². The second-order valence-corrected chi connectivity index (χ2v) is 8.46. The van der Waals surface area contributed by atoms with Crippen LogP contribution in [0.4, 0.5) is 5.69 Å². The van der Waals surface area contributed by atoms with Crippen molar-refractivity contribution in [2.75, 3.05) is 4.72 Å². The summed E-state index contributed by atoms with van der Waals surface area (Å²) in [6, 6.07) is 3.04. The van der Waals surface area contributed by atoms with E-state index in [1.807, 2.05) is 0 Å². The largest absolute Gasteiger partial charge is 0.505 e. The van der Waals surface area contributed by atoms with Gasteiger partial charge in [-0.2, -0.15) is 5.10 Å². The molecule has 0 atom stereocenters. The van der Waals surface area contributed by atoms with Crippen LogP contribution in [-0.2, 0) is 10.0 Å². The summed E-state index contributed by atoms with van der Waals surface area (Å²) in [6.45, 7) is 0. The zero-order chi connectivity index (χ0) is 16.6. The number of sulfonamides is 1. The van der Waals surface area contributed by atoms with Crippen LogP contribution in [0.2, 0.25) is 5.02 Å². The third kappa shape index (κ3) is 3.49. The summed E-state index contributed by atoms with van der Waals surface area (Å²) in [6.07, 6.45) is 7.56. The van der Waals surface area contributed by atoms with Gasteiger partial charge in [0.25, 0.3) is 10.0 Å². The summed E-state index contributed by atoms with van der Waals surface area (Å²) >= 11 is 9.00. The first-order valence-corrected chi connectivity index (χ1v) is 9.77. The summed E-state index contributed by atoms with van der Waals surface area (Å²) < 4.78 is 29.6. The summed E-state index contributed by atoms with van der Waals surface area (Å²) in [5, 5.41) is 14.1. The fourth-order valence-electron chi connectivity index (χ4n) is 2.72. The molecule has 1 fully saturated rings. The van der Waals surface area contributed by atoms with E-state index in [0.29, 0.717) is 16.2 Å². The van der Waals surface area contributed by atoms with Gasteiger partial charge in [-0.1, -0.05) is 40.4 Å². The van der Waals surface area contributed by atoms with Crippen molar-refractivity contribution < 1.29 is 13.5 Å². The van der Waals surface area contributed by atoms with E-state index in [0.717, 1.165) is 25.7 Å². The Kier molecular flexibility index (Phi) is 4.57. The predicted molar refractivity (Wildman–Crippen MR) is 91.4 cm³/mol. The van der Waals surface area contributed by atoms with Gasteiger partial charge < -0.3 is 5.11 Å². The Morgan fingerprint density at radius 2 is 2.04 bits per heavy atom. The number of nitrogens with one attached hydrogen (secondary N) is 1. The molecule has 0 unspecified atom stereocenters. The molecule has 1 aromatic heterocycles. The molecule has 1 saturated carbocycles. The van der Waals surface area contributed by atoms with Crippen LogP contribution in [0, 0.1) is 0 Å². The van der Waals surface area contributed by atoms with Gasteiger partial charge in [-0.25, -0.2) is 8.42 Å². The number of hydrogen-bond donors (Lipinski definition) is 2. The maximum Gasteiger partial charge on any atom is 0.265 e. The van der Waals surface area contributed by atoms with Gasteiger partial charge in [0.1, 0.15) is 4.90 Å². The van der Waals surface area contributed by atoms with Gasteiger partial charge in [0.05, 0.1) is 22.9 Å². The molecule has 0 radical (unpaired) electrons. The molecule has 0 aliphatic heterocycles. The average molecular weight is 421 g/mol. The fraction of sp³-hybridized carbons (Fsp3) is 0.357. The van der Waals surface area contributed by atoms with Gasteiger partial charge in [-0.3, -0.25) is 9.40 Å². The highest BCUT2D eigenvalue weighted by Crippen LogP contribution is 2.35. The topological polar surface area (TPSA) is 84.2 Å². The molecular formula is C14H15BrClN3O3S. The Morgan fingerprint density at radius 1 is 1.35 bits per heavy atom. The van der Waals surface area contributed by atoms with Crippen molar-refractivity contribution in [2.45, 2.75) is 36.6 Å². The molecule has 0 spiro atoms. The monoisotopic (exact) mass is 419 g/mol. The molecule has 9 heteroatoms. The molecule has 1 aliphatic rings. The molecule has 0 amide bonds. The summed E-state index contributed by atoms with van der Waals surface area (Å²) in [4.78, 5) is -0.287. The molecule has 3 rings (SSSR count). The van der Waals surface area contributed by atoms with Gasteiger partial charge in [-0.15, -0.1) is 0 Å². The van der Waals surface area contributed by atoms with Crippen molar-refractivity contribution >= 4 is 43.2 Å². The molecule has 6 nitrogen and oxygen atoms in total. The minimum atomic E-state index is -3.97. The van der Waals surface area contributed by atoms with E-state index in [-0.39, 0.29) is 9.92 Å². The summed E-state index contributed by atoms with van der Waals surface area (Å²) in [5.74, 6) is -0.481. The highest BCUT2D eigenvalue weighted by Gasteiger charge is 2.23. The number of rotatable bonds is 4. The van der Waals surface area contributed by atoms with E-state index in [4.69, 9.17) is 11.6 Å². The SMILES string of the molecule is O=S(=O)(Nc1cnn(C2CCCC2)c1)c1cc(Br)cc(Cl)c1O. The van der Waals surface area contributed by atoms with Crippen LogP contribution in [0.25, 0.3) is 0 Å². The molecule has 1 heterocycles. The zero-order valence-electron chi connectivity index (χ0n) is 12.0. The van der Waals surface area contributed by atoms with Crippen LogP contribution in [-0.4, -0.2) is 23.3 Å². The number of halogens is 2. The number of nitrogens with zero attached hydrogens (tertiary/aromatic N) is 2. The number of aromatic hydroxyl groups is 1. The normalized spacial score (nSPS) is 15.9. The molecule has 23 heavy (non-hydrogen) atoms. The van der Waals surface area contributed by atoms with Crippen molar-refractivity contribution in [2.24, 2.45) is 0 Å². The summed E-state index contributed by atoms with van der Waals surface area (Å²) in [7, 11) is -3.97. The van der Waals surface area contributed by atoms with E-state index in [1.54, 1.807) is 10.9 Å². The number of anilines is 1. The van der Waals surface area contributed by atoms with Gasteiger partial charge in [-0.05, 0) is 25.0 Å². The van der Waals surface area contributed by atoms with Gasteiger partial charge in [0.2, 0.25) is 0 Å². The number of aromatic nitrogens is 2. The van der Waals surface area contributed by atoms with E-state index < -0.39 is 15.8 Å². The van der Waals surface area contributed by atoms with Gasteiger partial charge >= 0.3 is 0 Å². The number of phenolic OH excluding ortho intramolecular Hbond substituents is 1.